The Morgan fingerprint density at radius 2 is 1.63 bits per heavy atom. The second-order valence-electron chi connectivity index (χ2n) is 8.92. The van der Waals surface area contributed by atoms with Gasteiger partial charge >= 0.3 is 12.1 Å². The minimum absolute atomic E-state index is 0.0427. The molecule has 0 bridgehead atoms. The Hall–Kier alpha value is -3.00. The Morgan fingerprint density at radius 3 is 2.23 bits per heavy atom. The van der Waals surface area contributed by atoms with E-state index in [-0.39, 0.29) is 30.8 Å². The van der Waals surface area contributed by atoms with Crippen molar-refractivity contribution < 1.29 is 24.2 Å². The van der Waals surface area contributed by atoms with E-state index in [2.05, 4.69) is 34.9 Å². The molecular weight excluding hydrogens is 464 g/mol. The summed E-state index contributed by atoms with van der Waals surface area (Å²) in [7, 11) is 0. The van der Waals surface area contributed by atoms with Crippen molar-refractivity contribution in [1.82, 2.24) is 10.6 Å². The number of carbonyl (C=O) groups excluding carboxylic acids is 2. The summed E-state index contributed by atoms with van der Waals surface area (Å²) in [4.78, 5) is 36.1. The second-order valence-corrected chi connectivity index (χ2v) is 9.91. The lowest BCUT2D eigenvalue weighted by Gasteiger charge is -2.20. The van der Waals surface area contributed by atoms with Crippen molar-refractivity contribution in [1.29, 1.82) is 0 Å². The zero-order valence-electron chi connectivity index (χ0n) is 20.3. The molecule has 2 atom stereocenters. The summed E-state index contributed by atoms with van der Waals surface area (Å²) in [6.07, 6.45) is 3.20. The molecule has 0 aromatic heterocycles. The van der Waals surface area contributed by atoms with Gasteiger partial charge in [-0.05, 0) is 59.4 Å². The summed E-state index contributed by atoms with van der Waals surface area (Å²) in [6.45, 7) is 2.59. The van der Waals surface area contributed by atoms with Crippen LogP contribution in [0.3, 0.4) is 0 Å². The number of thioether (sulfide) groups is 1. The topological polar surface area (TPSA) is 105 Å². The van der Waals surface area contributed by atoms with Crippen LogP contribution in [-0.4, -0.2) is 54.3 Å². The first-order valence-corrected chi connectivity index (χ1v) is 13.4. The molecule has 2 aromatic carbocycles. The quantitative estimate of drug-likeness (QED) is 0.371. The minimum atomic E-state index is -0.815. The van der Waals surface area contributed by atoms with Gasteiger partial charge in [-0.25, -0.2) is 4.79 Å². The standard InChI is InChI=1S/C27H34N2O5S/c1-18(11-12-25(30)31)13-15-28-26(32)24(14-16-35-2)29-27(33)34-17-23-21-9-5-3-7-19(21)20-8-4-6-10-22(20)23/h3-10,18,23-24H,11-17H2,1-2H3,(H,28,32)(H,29,33)(H,30,31). The molecule has 1 aliphatic carbocycles. The molecular formula is C27H34N2O5S. The molecule has 2 aromatic rings. The first-order chi connectivity index (χ1) is 16.9. The summed E-state index contributed by atoms with van der Waals surface area (Å²) < 4.78 is 5.60. The largest absolute Gasteiger partial charge is 0.481 e. The molecule has 2 unspecified atom stereocenters. The Labute approximate surface area is 211 Å². The average Bonchev–Trinajstić information content (AvgIpc) is 3.17. The predicted octanol–water partition coefficient (Wildman–Crippen LogP) is 4.65. The zero-order chi connectivity index (χ0) is 25.2. The van der Waals surface area contributed by atoms with Crippen LogP contribution in [0, 0.1) is 5.92 Å². The summed E-state index contributed by atoms with van der Waals surface area (Å²) in [5, 5.41) is 14.4. The smallest absolute Gasteiger partial charge is 0.407 e. The second kappa shape index (κ2) is 13.2. The van der Waals surface area contributed by atoms with Crippen molar-refractivity contribution in [3.8, 4) is 11.1 Å². The number of ether oxygens (including phenoxy) is 1. The SMILES string of the molecule is CSCCC(NC(=O)OCC1c2ccccc2-c2ccccc21)C(=O)NCCC(C)CCC(=O)O. The van der Waals surface area contributed by atoms with E-state index in [1.165, 1.54) is 0 Å². The molecule has 7 nitrogen and oxygen atoms in total. The van der Waals surface area contributed by atoms with Crippen molar-refractivity contribution in [3.05, 3.63) is 59.7 Å². The minimum Gasteiger partial charge on any atom is -0.481 e. The van der Waals surface area contributed by atoms with Crippen LogP contribution in [0.15, 0.2) is 48.5 Å². The molecule has 1 aliphatic rings. The zero-order valence-corrected chi connectivity index (χ0v) is 21.1. The van der Waals surface area contributed by atoms with Crippen LogP contribution in [0.1, 0.15) is 49.7 Å². The molecule has 3 rings (SSSR count). The van der Waals surface area contributed by atoms with Gasteiger partial charge in [-0.1, -0.05) is 55.5 Å². The van der Waals surface area contributed by atoms with Gasteiger partial charge < -0.3 is 20.5 Å². The highest BCUT2D eigenvalue weighted by Gasteiger charge is 2.29. The van der Waals surface area contributed by atoms with E-state index in [1.807, 2.05) is 37.4 Å². The van der Waals surface area contributed by atoms with Gasteiger partial charge in [0.05, 0.1) is 0 Å². The van der Waals surface area contributed by atoms with Gasteiger partial charge in [0, 0.05) is 18.9 Å². The highest BCUT2D eigenvalue weighted by atomic mass is 32.2. The number of aliphatic carboxylic acids is 1. The van der Waals surface area contributed by atoms with Gasteiger partial charge in [-0.15, -0.1) is 0 Å². The number of alkyl carbamates (subject to hydrolysis) is 1. The highest BCUT2D eigenvalue weighted by Crippen LogP contribution is 2.44. The van der Waals surface area contributed by atoms with Crippen molar-refractivity contribution in [2.24, 2.45) is 5.92 Å². The van der Waals surface area contributed by atoms with Gasteiger partial charge in [0.25, 0.3) is 0 Å². The van der Waals surface area contributed by atoms with Crippen LogP contribution < -0.4 is 10.6 Å². The third-order valence-corrected chi connectivity index (χ3v) is 6.99. The molecule has 0 spiro atoms. The predicted molar refractivity (Wildman–Crippen MR) is 139 cm³/mol. The number of nitrogens with one attached hydrogen (secondary N) is 2. The van der Waals surface area contributed by atoms with Gasteiger partial charge in [0.1, 0.15) is 12.6 Å². The fraction of sp³-hybridized carbons (Fsp3) is 0.444. The van der Waals surface area contributed by atoms with Crippen LogP contribution in [0.2, 0.25) is 0 Å². The molecule has 188 valence electrons. The number of hydrogen-bond acceptors (Lipinski definition) is 5. The number of fused-ring (bicyclic) bond motifs is 3. The lowest BCUT2D eigenvalue weighted by molar-refractivity contribution is -0.137. The maximum atomic E-state index is 12.7. The van der Waals surface area contributed by atoms with Crippen LogP contribution >= 0.6 is 11.8 Å². The maximum absolute atomic E-state index is 12.7. The number of hydrogen-bond donors (Lipinski definition) is 3. The van der Waals surface area contributed by atoms with E-state index in [9.17, 15) is 14.4 Å². The molecule has 0 saturated heterocycles. The highest BCUT2D eigenvalue weighted by molar-refractivity contribution is 7.98. The van der Waals surface area contributed by atoms with Crippen LogP contribution in [-0.2, 0) is 14.3 Å². The molecule has 8 heteroatoms. The Bertz CT molecular complexity index is 983. The number of carbonyl (C=O) groups is 3. The van der Waals surface area contributed by atoms with Crippen molar-refractivity contribution >= 4 is 29.7 Å². The van der Waals surface area contributed by atoms with Crippen LogP contribution in [0.4, 0.5) is 4.79 Å². The molecule has 35 heavy (non-hydrogen) atoms. The Balaban J connectivity index is 1.53. The Morgan fingerprint density at radius 1 is 1.00 bits per heavy atom. The van der Waals surface area contributed by atoms with Gasteiger partial charge in [-0.2, -0.15) is 11.8 Å². The molecule has 3 N–H and O–H groups in total. The van der Waals surface area contributed by atoms with E-state index in [1.54, 1.807) is 11.8 Å². The summed E-state index contributed by atoms with van der Waals surface area (Å²) in [5.41, 5.74) is 4.59. The first-order valence-electron chi connectivity index (χ1n) is 12.0. The van der Waals surface area contributed by atoms with Gasteiger partial charge in [0.15, 0.2) is 0 Å². The molecule has 0 aliphatic heterocycles. The average molecular weight is 499 g/mol. The van der Waals surface area contributed by atoms with E-state index in [0.717, 1.165) is 28.0 Å². The first kappa shape index (κ1) is 26.6. The van der Waals surface area contributed by atoms with Crippen LogP contribution in [0.5, 0.6) is 0 Å². The lowest BCUT2D eigenvalue weighted by Crippen LogP contribution is -2.47. The summed E-state index contributed by atoms with van der Waals surface area (Å²) >= 11 is 1.60. The third-order valence-electron chi connectivity index (χ3n) is 6.35. The summed E-state index contributed by atoms with van der Waals surface area (Å²) in [5.74, 6) is -0.204. The van der Waals surface area contributed by atoms with Gasteiger partial charge in [-0.3, -0.25) is 9.59 Å². The number of carboxylic acids is 1. The fourth-order valence-corrected chi connectivity index (χ4v) is 4.84. The van der Waals surface area contributed by atoms with E-state index >= 15 is 0 Å². The normalized spacial score (nSPS) is 13.9. The van der Waals surface area contributed by atoms with Crippen molar-refractivity contribution in [2.75, 3.05) is 25.2 Å². The maximum Gasteiger partial charge on any atom is 0.407 e. The number of amides is 2. The lowest BCUT2D eigenvalue weighted by atomic mass is 9.98. The number of carboxylic acid groups (broad SMARTS) is 1. The molecule has 0 radical (unpaired) electrons. The number of benzene rings is 2. The molecule has 0 heterocycles. The Kier molecular flexibility index (Phi) is 10.0. The third kappa shape index (κ3) is 7.49. The van der Waals surface area contributed by atoms with E-state index < -0.39 is 18.1 Å². The van der Waals surface area contributed by atoms with E-state index in [4.69, 9.17) is 9.84 Å². The number of rotatable bonds is 13. The van der Waals surface area contributed by atoms with Crippen molar-refractivity contribution in [3.63, 3.8) is 0 Å². The molecule has 0 fully saturated rings. The molecule has 2 amide bonds. The van der Waals surface area contributed by atoms with E-state index in [0.29, 0.717) is 25.8 Å². The molecule has 0 saturated carbocycles. The van der Waals surface area contributed by atoms with Crippen molar-refractivity contribution in [2.45, 2.75) is 44.6 Å². The summed E-state index contributed by atoms with van der Waals surface area (Å²) in [6, 6.07) is 15.6. The monoisotopic (exact) mass is 498 g/mol. The van der Waals surface area contributed by atoms with Crippen LogP contribution in [0.25, 0.3) is 11.1 Å². The fourth-order valence-electron chi connectivity index (χ4n) is 4.37. The van der Waals surface area contributed by atoms with Gasteiger partial charge in [0.2, 0.25) is 5.91 Å².